The normalized spacial score (nSPS) is 41.0. The van der Waals surface area contributed by atoms with E-state index in [0.717, 1.165) is 12.3 Å². The van der Waals surface area contributed by atoms with Crippen LogP contribution in [0.15, 0.2) is 0 Å². The number of nitrogens with two attached hydrogens (primary N) is 1. The summed E-state index contributed by atoms with van der Waals surface area (Å²) in [4.78, 5) is 0. The third-order valence-corrected chi connectivity index (χ3v) is 2.57. The van der Waals surface area contributed by atoms with Gasteiger partial charge in [0.1, 0.15) is 0 Å². The van der Waals surface area contributed by atoms with E-state index in [-0.39, 0.29) is 5.54 Å². The summed E-state index contributed by atoms with van der Waals surface area (Å²) in [5.41, 5.74) is 6.24. The van der Waals surface area contributed by atoms with Crippen LogP contribution in [0, 0.1) is 5.92 Å². The molecule has 9 heavy (non-hydrogen) atoms. The van der Waals surface area contributed by atoms with Crippen LogP contribution >= 0.6 is 0 Å². The van der Waals surface area contributed by atoms with E-state index in [1.165, 1.54) is 19.3 Å². The number of hydrogen-bond donors (Lipinski definition) is 1. The van der Waals surface area contributed by atoms with Gasteiger partial charge in [-0.2, -0.15) is 0 Å². The van der Waals surface area contributed by atoms with Crippen LogP contribution < -0.4 is 5.73 Å². The highest BCUT2D eigenvalue weighted by molar-refractivity contribution is 5.06. The molecule has 1 rings (SSSR count). The lowest BCUT2D eigenvalue weighted by Gasteiger charge is -2.05. The minimum atomic E-state index is 0.260. The molecule has 0 aromatic heterocycles. The summed E-state index contributed by atoms with van der Waals surface area (Å²) in [6.45, 7) is 4.42. The second-order valence-corrected chi connectivity index (χ2v) is 3.28. The topological polar surface area (TPSA) is 26.0 Å². The first kappa shape index (κ1) is 7.07. The third-order valence-electron chi connectivity index (χ3n) is 2.57. The van der Waals surface area contributed by atoms with Gasteiger partial charge >= 0.3 is 0 Å². The standard InChI is InChI=1S/C8H17N/c1-3-5-7-6-8(7,9)4-2/h7H,3-6,9H2,1-2H3. The quantitative estimate of drug-likeness (QED) is 0.615. The van der Waals surface area contributed by atoms with Crippen LogP contribution in [-0.4, -0.2) is 5.54 Å². The molecule has 1 fully saturated rings. The Morgan fingerprint density at radius 2 is 2.22 bits per heavy atom. The first-order chi connectivity index (χ1) is 4.23. The molecule has 0 heterocycles. The van der Waals surface area contributed by atoms with Crippen molar-refractivity contribution in [2.24, 2.45) is 11.7 Å². The summed E-state index contributed by atoms with van der Waals surface area (Å²) in [7, 11) is 0. The molecule has 0 amide bonds. The minimum absolute atomic E-state index is 0.260. The maximum atomic E-state index is 5.98. The van der Waals surface area contributed by atoms with E-state index in [1.807, 2.05) is 0 Å². The summed E-state index contributed by atoms with van der Waals surface area (Å²) in [5, 5.41) is 0. The second-order valence-electron chi connectivity index (χ2n) is 3.28. The van der Waals surface area contributed by atoms with Gasteiger partial charge in [0.25, 0.3) is 0 Å². The van der Waals surface area contributed by atoms with Gasteiger partial charge in [-0.15, -0.1) is 0 Å². The minimum Gasteiger partial charge on any atom is -0.325 e. The van der Waals surface area contributed by atoms with E-state index in [0.29, 0.717) is 0 Å². The highest BCUT2D eigenvalue weighted by atomic mass is 14.8. The Kier molecular flexibility index (Phi) is 1.80. The Morgan fingerprint density at radius 1 is 1.56 bits per heavy atom. The zero-order valence-corrected chi connectivity index (χ0v) is 6.48. The Hall–Kier alpha value is -0.0400. The predicted molar refractivity (Wildman–Crippen MR) is 40.2 cm³/mol. The Labute approximate surface area is 57.6 Å². The molecule has 1 nitrogen and oxygen atoms in total. The molecule has 0 aliphatic heterocycles. The van der Waals surface area contributed by atoms with E-state index >= 15 is 0 Å². The Morgan fingerprint density at radius 3 is 2.56 bits per heavy atom. The van der Waals surface area contributed by atoms with Gasteiger partial charge in [0.05, 0.1) is 0 Å². The summed E-state index contributed by atoms with van der Waals surface area (Å²) in [5.74, 6) is 0.854. The maximum Gasteiger partial charge on any atom is 0.0184 e. The molecule has 2 atom stereocenters. The smallest absolute Gasteiger partial charge is 0.0184 e. The lowest BCUT2D eigenvalue weighted by Crippen LogP contribution is -2.23. The van der Waals surface area contributed by atoms with E-state index in [2.05, 4.69) is 13.8 Å². The maximum absolute atomic E-state index is 5.98. The molecule has 1 aliphatic rings. The Balaban J connectivity index is 2.22. The molecule has 2 unspecified atom stereocenters. The van der Waals surface area contributed by atoms with Crippen molar-refractivity contribution in [2.75, 3.05) is 0 Å². The van der Waals surface area contributed by atoms with Crippen molar-refractivity contribution in [2.45, 2.75) is 45.1 Å². The number of rotatable bonds is 3. The molecule has 2 N–H and O–H groups in total. The van der Waals surface area contributed by atoms with Crippen molar-refractivity contribution < 1.29 is 0 Å². The van der Waals surface area contributed by atoms with Crippen LogP contribution in [0.1, 0.15) is 39.5 Å². The molecule has 1 heteroatoms. The van der Waals surface area contributed by atoms with Gasteiger partial charge in [-0.1, -0.05) is 20.3 Å². The van der Waals surface area contributed by atoms with Crippen LogP contribution in [0.4, 0.5) is 0 Å². The van der Waals surface area contributed by atoms with Gasteiger partial charge in [-0.3, -0.25) is 0 Å². The zero-order chi connectivity index (χ0) is 6.91. The zero-order valence-electron chi connectivity index (χ0n) is 6.48. The molecule has 0 saturated heterocycles. The summed E-state index contributed by atoms with van der Waals surface area (Å²) < 4.78 is 0. The van der Waals surface area contributed by atoms with Gasteiger partial charge in [0, 0.05) is 5.54 Å². The summed E-state index contributed by atoms with van der Waals surface area (Å²) >= 11 is 0. The Bertz CT molecular complexity index is 98.7. The first-order valence-electron chi connectivity index (χ1n) is 4.02. The molecule has 0 radical (unpaired) electrons. The number of hydrogen-bond acceptors (Lipinski definition) is 1. The average molecular weight is 127 g/mol. The van der Waals surface area contributed by atoms with Crippen molar-refractivity contribution in [3.8, 4) is 0 Å². The van der Waals surface area contributed by atoms with Crippen LogP contribution in [0.3, 0.4) is 0 Å². The SMILES string of the molecule is CCCC1CC1(N)CC. The third kappa shape index (κ3) is 1.26. The predicted octanol–water partition coefficient (Wildman–Crippen LogP) is 1.91. The molecule has 54 valence electrons. The highest BCUT2D eigenvalue weighted by Crippen LogP contribution is 2.46. The largest absolute Gasteiger partial charge is 0.325 e. The van der Waals surface area contributed by atoms with Crippen LogP contribution in [0.5, 0.6) is 0 Å². The van der Waals surface area contributed by atoms with E-state index < -0.39 is 0 Å². The molecular weight excluding hydrogens is 110 g/mol. The molecule has 0 aromatic carbocycles. The fourth-order valence-corrected chi connectivity index (χ4v) is 1.57. The molecule has 1 saturated carbocycles. The van der Waals surface area contributed by atoms with Crippen LogP contribution in [0.2, 0.25) is 0 Å². The summed E-state index contributed by atoms with van der Waals surface area (Å²) in [6, 6.07) is 0. The first-order valence-corrected chi connectivity index (χ1v) is 4.02. The van der Waals surface area contributed by atoms with E-state index in [1.54, 1.807) is 0 Å². The van der Waals surface area contributed by atoms with Crippen molar-refractivity contribution >= 4 is 0 Å². The average Bonchev–Trinajstić information content (AvgIpc) is 2.46. The van der Waals surface area contributed by atoms with Crippen LogP contribution in [-0.2, 0) is 0 Å². The van der Waals surface area contributed by atoms with Gasteiger partial charge in [0.15, 0.2) is 0 Å². The summed E-state index contributed by atoms with van der Waals surface area (Å²) in [6.07, 6.45) is 5.07. The van der Waals surface area contributed by atoms with Gasteiger partial charge < -0.3 is 5.73 Å². The lowest BCUT2D eigenvalue weighted by atomic mass is 10.1. The monoisotopic (exact) mass is 127 g/mol. The molecule has 0 aromatic rings. The van der Waals surface area contributed by atoms with Crippen molar-refractivity contribution in [1.82, 2.24) is 0 Å². The lowest BCUT2D eigenvalue weighted by molar-refractivity contribution is 0.544. The van der Waals surface area contributed by atoms with Crippen molar-refractivity contribution in [3.05, 3.63) is 0 Å². The van der Waals surface area contributed by atoms with Gasteiger partial charge in [-0.25, -0.2) is 0 Å². The van der Waals surface area contributed by atoms with Crippen molar-refractivity contribution in [3.63, 3.8) is 0 Å². The van der Waals surface area contributed by atoms with Crippen molar-refractivity contribution in [1.29, 1.82) is 0 Å². The fraction of sp³-hybridized carbons (Fsp3) is 1.00. The molecule has 1 aliphatic carbocycles. The molecule has 0 spiro atoms. The van der Waals surface area contributed by atoms with E-state index in [4.69, 9.17) is 5.73 Å². The molecular formula is C8H17N. The van der Waals surface area contributed by atoms with Gasteiger partial charge in [0.2, 0.25) is 0 Å². The fourth-order valence-electron chi connectivity index (χ4n) is 1.57. The van der Waals surface area contributed by atoms with E-state index in [9.17, 15) is 0 Å². The highest BCUT2D eigenvalue weighted by Gasteiger charge is 2.47. The second kappa shape index (κ2) is 2.30. The molecule has 0 bridgehead atoms. The van der Waals surface area contributed by atoms with Crippen LogP contribution in [0.25, 0.3) is 0 Å². The van der Waals surface area contributed by atoms with Gasteiger partial charge in [-0.05, 0) is 25.2 Å².